The molecule has 110 valence electrons. The van der Waals surface area contributed by atoms with Crippen LogP contribution in [0.4, 0.5) is 14.5 Å². The van der Waals surface area contributed by atoms with Crippen LogP contribution in [0.5, 0.6) is 0 Å². The Hall–Kier alpha value is -1.90. The van der Waals surface area contributed by atoms with Crippen molar-refractivity contribution in [3.05, 3.63) is 53.6 Å². The van der Waals surface area contributed by atoms with Gasteiger partial charge in [0.25, 0.3) is 0 Å². The summed E-state index contributed by atoms with van der Waals surface area (Å²) in [4.78, 5) is 0. The summed E-state index contributed by atoms with van der Waals surface area (Å²) in [6, 6.07) is 10.0. The fraction of sp³-hybridized carbons (Fsp3) is 0.333. The lowest BCUT2D eigenvalue weighted by atomic mass is 9.83. The Labute approximate surface area is 123 Å². The Bertz CT molecular complexity index is 628. The van der Waals surface area contributed by atoms with Gasteiger partial charge in [-0.2, -0.15) is 0 Å². The van der Waals surface area contributed by atoms with Crippen LogP contribution < -0.4 is 5.73 Å². The fourth-order valence-electron chi connectivity index (χ4n) is 3.15. The molecule has 0 heterocycles. The zero-order valence-electron chi connectivity index (χ0n) is 11.9. The number of nitrogen functional groups attached to an aromatic ring is 1. The van der Waals surface area contributed by atoms with Crippen LogP contribution in [0.2, 0.25) is 0 Å². The highest BCUT2D eigenvalue weighted by Gasteiger charge is 2.16. The minimum atomic E-state index is -0.581. The first-order chi connectivity index (χ1) is 10.1. The van der Waals surface area contributed by atoms with Gasteiger partial charge in [-0.25, -0.2) is 8.78 Å². The summed E-state index contributed by atoms with van der Waals surface area (Å²) in [5.41, 5.74) is 7.46. The van der Waals surface area contributed by atoms with Crippen molar-refractivity contribution >= 4 is 5.69 Å². The third-order valence-electron chi connectivity index (χ3n) is 4.38. The zero-order valence-corrected chi connectivity index (χ0v) is 11.9. The van der Waals surface area contributed by atoms with E-state index >= 15 is 0 Å². The van der Waals surface area contributed by atoms with E-state index in [0.717, 1.165) is 6.07 Å². The summed E-state index contributed by atoms with van der Waals surface area (Å²) < 4.78 is 27.4. The molecule has 0 radical (unpaired) electrons. The van der Waals surface area contributed by atoms with Crippen LogP contribution in [-0.2, 0) is 0 Å². The van der Waals surface area contributed by atoms with Crippen LogP contribution in [-0.4, -0.2) is 0 Å². The Morgan fingerprint density at radius 2 is 1.52 bits per heavy atom. The number of hydrogen-bond donors (Lipinski definition) is 1. The van der Waals surface area contributed by atoms with E-state index in [1.165, 1.54) is 43.7 Å². The van der Waals surface area contributed by atoms with E-state index in [0.29, 0.717) is 11.5 Å². The first kappa shape index (κ1) is 14.1. The highest BCUT2D eigenvalue weighted by atomic mass is 19.1. The lowest BCUT2D eigenvalue weighted by Gasteiger charge is -2.22. The Balaban J connectivity index is 1.88. The predicted octanol–water partition coefficient (Wildman–Crippen LogP) is 5.26. The molecule has 2 N–H and O–H groups in total. The third kappa shape index (κ3) is 2.92. The summed E-state index contributed by atoms with van der Waals surface area (Å²) in [5.74, 6) is -0.456. The van der Waals surface area contributed by atoms with Crippen LogP contribution in [0.25, 0.3) is 11.1 Å². The van der Waals surface area contributed by atoms with Crippen LogP contribution in [0.3, 0.4) is 0 Å². The third-order valence-corrected chi connectivity index (χ3v) is 4.38. The molecule has 1 fully saturated rings. The van der Waals surface area contributed by atoms with Gasteiger partial charge < -0.3 is 5.73 Å². The maximum Gasteiger partial charge on any atom is 0.146 e. The highest BCUT2D eigenvalue weighted by molar-refractivity contribution is 5.67. The standard InChI is InChI=1S/C18H19F2N/c19-16-11-18(21)17(20)10-15(16)14-8-6-13(7-9-14)12-4-2-1-3-5-12/h6-12H,1-5,21H2. The molecular weight excluding hydrogens is 268 g/mol. The lowest BCUT2D eigenvalue weighted by molar-refractivity contribution is 0.443. The van der Waals surface area contributed by atoms with E-state index in [1.54, 1.807) is 0 Å². The molecule has 1 nitrogen and oxygen atoms in total. The lowest BCUT2D eigenvalue weighted by Crippen LogP contribution is -2.04. The zero-order chi connectivity index (χ0) is 14.8. The number of nitrogens with two attached hydrogens (primary N) is 1. The number of hydrogen-bond acceptors (Lipinski definition) is 1. The quantitative estimate of drug-likeness (QED) is 0.749. The minimum absolute atomic E-state index is 0.157. The van der Waals surface area contributed by atoms with E-state index in [9.17, 15) is 8.78 Å². The highest BCUT2D eigenvalue weighted by Crippen LogP contribution is 2.34. The smallest absolute Gasteiger partial charge is 0.146 e. The predicted molar refractivity (Wildman–Crippen MR) is 82.0 cm³/mol. The largest absolute Gasteiger partial charge is 0.396 e. The number of benzene rings is 2. The molecule has 0 unspecified atom stereocenters. The molecule has 1 saturated carbocycles. The Kier molecular flexibility index (Phi) is 3.91. The second-order valence-electron chi connectivity index (χ2n) is 5.81. The van der Waals surface area contributed by atoms with E-state index in [-0.39, 0.29) is 11.3 Å². The fourth-order valence-corrected chi connectivity index (χ4v) is 3.15. The summed E-state index contributed by atoms with van der Waals surface area (Å²) in [6.45, 7) is 0. The van der Waals surface area contributed by atoms with Gasteiger partial charge in [0, 0.05) is 11.6 Å². The molecule has 0 aromatic heterocycles. The summed E-state index contributed by atoms with van der Waals surface area (Å²) in [5, 5.41) is 0. The van der Waals surface area contributed by atoms with Crippen molar-refractivity contribution in [1.82, 2.24) is 0 Å². The molecule has 2 aromatic rings. The SMILES string of the molecule is Nc1cc(F)c(-c2ccc(C3CCCCC3)cc2)cc1F. The van der Waals surface area contributed by atoms with Crippen molar-refractivity contribution < 1.29 is 8.78 Å². The molecule has 3 heteroatoms. The average Bonchev–Trinajstić information content (AvgIpc) is 2.52. The van der Waals surface area contributed by atoms with Gasteiger partial charge in [0.15, 0.2) is 0 Å². The van der Waals surface area contributed by atoms with Gasteiger partial charge in [0.2, 0.25) is 0 Å². The van der Waals surface area contributed by atoms with Crippen molar-refractivity contribution in [2.45, 2.75) is 38.0 Å². The van der Waals surface area contributed by atoms with E-state index in [4.69, 9.17) is 5.73 Å². The van der Waals surface area contributed by atoms with Crippen molar-refractivity contribution in [3.8, 4) is 11.1 Å². The van der Waals surface area contributed by atoms with E-state index < -0.39 is 11.6 Å². The summed E-state index contributed by atoms with van der Waals surface area (Å²) in [7, 11) is 0. The van der Waals surface area contributed by atoms with Crippen molar-refractivity contribution in [2.75, 3.05) is 5.73 Å². The van der Waals surface area contributed by atoms with Crippen molar-refractivity contribution in [3.63, 3.8) is 0 Å². The normalized spacial score (nSPS) is 16.1. The molecular formula is C18H19F2N. The Morgan fingerprint density at radius 1 is 0.857 bits per heavy atom. The molecule has 0 aliphatic heterocycles. The topological polar surface area (TPSA) is 26.0 Å². The van der Waals surface area contributed by atoms with Crippen LogP contribution >= 0.6 is 0 Å². The average molecular weight is 287 g/mol. The second kappa shape index (κ2) is 5.84. The molecule has 0 atom stereocenters. The minimum Gasteiger partial charge on any atom is -0.396 e. The first-order valence-corrected chi connectivity index (χ1v) is 7.50. The maximum atomic E-state index is 13.9. The molecule has 21 heavy (non-hydrogen) atoms. The van der Waals surface area contributed by atoms with Gasteiger partial charge in [0.05, 0.1) is 5.69 Å². The van der Waals surface area contributed by atoms with Crippen LogP contribution in [0.1, 0.15) is 43.6 Å². The van der Waals surface area contributed by atoms with Crippen LogP contribution in [0, 0.1) is 11.6 Å². The van der Waals surface area contributed by atoms with Crippen molar-refractivity contribution in [1.29, 1.82) is 0 Å². The van der Waals surface area contributed by atoms with Gasteiger partial charge >= 0.3 is 0 Å². The van der Waals surface area contributed by atoms with Gasteiger partial charge in [-0.15, -0.1) is 0 Å². The van der Waals surface area contributed by atoms with Gasteiger partial charge in [0.1, 0.15) is 11.6 Å². The molecule has 0 bridgehead atoms. The molecule has 0 amide bonds. The van der Waals surface area contributed by atoms with Gasteiger partial charge in [-0.3, -0.25) is 0 Å². The molecule has 2 aromatic carbocycles. The monoisotopic (exact) mass is 287 g/mol. The number of rotatable bonds is 2. The van der Waals surface area contributed by atoms with Crippen LogP contribution in [0.15, 0.2) is 36.4 Å². The second-order valence-corrected chi connectivity index (χ2v) is 5.81. The number of halogens is 2. The molecule has 0 spiro atoms. The molecule has 1 aliphatic rings. The first-order valence-electron chi connectivity index (χ1n) is 7.50. The van der Waals surface area contributed by atoms with Crippen molar-refractivity contribution in [2.24, 2.45) is 0 Å². The maximum absolute atomic E-state index is 13.9. The summed E-state index contributed by atoms with van der Waals surface area (Å²) in [6.07, 6.45) is 6.34. The molecule has 3 rings (SSSR count). The van der Waals surface area contributed by atoms with E-state index in [2.05, 4.69) is 0 Å². The molecule has 0 saturated heterocycles. The molecule has 1 aliphatic carbocycles. The van der Waals surface area contributed by atoms with Gasteiger partial charge in [-0.1, -0.05) is 43.5 Å². The summed E-state index contributed by atoms with van der Waals surface area (Å²) >= 11 is 0. The van der Waals surface area contributed by atoms with E-state index in [1.807, 2.05) is 24.3 Å². The van der Waals surface area contributed by atoms with Gasteiger partial charge in [-0.05, 0) is 36.0 Å². The number of anilines is 1. The Morgan fingerprint density at radius 3 is 2.19 bits per heavy atom.